The fourth-order valence-corrected chi connectivity index (χ4v) is 7.48. The lowest BCUT2D eigenvalue weighted by Crippen LogP contribution is -2.17. The number of nitrogens with zero attached hydrogens (tertiary/aromatic N) is 4. The second-order valence-electron chi connectivity index (χ2n) is 15.2. The van der Waals surface area contributed by atoms with E-state index in [4.69, 9.17) is 32.0 Å². The van der Waals surface area contributed by atoms with E-state index in [0.717, 1.165) is 71.9 Å². The third-order valence-corrected chi connectivity index (χ3v) is 10.00. The first-order valence-corrected chi connectivity index (χ1v) is 17.5. The summed E-state index contributed by atoms with van der Waals surface area (Å²) in [5, 5.41) is 0.988. The van der Waals surface area contributed by atoms with Crippen LogP contribution in [0.2, 0.25) is 0 Å². The standard InChI is InChI=1S/C44H40N4OS/c1-26-45-36(40-38(46-26)32-19-11-12-21-35(32)49-40)29-18-13-17-28(23-29)31-20-14-22-48-39(27-15-9-8-10-16-27)37(47-42(31)48)33-24-30(43(2,3)4)25-34(41(33)50)44(5,6)7/h8-25,50H,1-7H3. The monoisotopic (exact) mass is 672 g/mol. The molecule has 50 heavy (non-hydrogen) atoms. The lowest BCUT2D eigenvalue weighted by molar-refractivity contribution is 0.560. The van der Waals surface area contributed by atoms with Crippen molar-refractivity contribution < 1.29 is 4.42 Å². The molecule has 0 spiro atoms. The number of pyridine rings is 1. The summed E-state index contributed by atoms with van der Waals surface area (Å²) in [6, 6.07) is 35.9. The molecule has 5 nitrogen and oxygen atoms in total. The van der Waals surface area contributed by atoms with E-state index in [1.807, 2.05) is 31.2 Å². The predicted molar refractivity (Wildman–Crippen MR) is 209 cm³/mol. The average Bonchev–Trinajstić information content (AvgIpc) is 3.66. The Bertz CT molecular complexity index is 2580. The molecular formula is C44H40N4OS. The zero-order valence-electron chi connectivity index (χ0n) is 29.5. The zero-order valence-corrected chi connectivity index (χ0v) is 30.4. The molecule has 248 valence electrons. The van der Waals surface area contributed by atoms with Crippen molar-refractivity contribution in [3.8, 4) is 44.9 Å². The molecule has 0 aliphatic rings. The molecule has 0 radical (unpaired) electrons. The minimum absolute atomic E-state index is 0.0570. The minimum atomic E-state index is -0.102. The lowest BCUT2D eigenvalue weighted by Gasteiger charge is -2.28. The Balaban J connectivity index is 1.38. The summed E-state index contributed by atoms with van der Waals surface area (Å²) in [6.45, 7) is 15.5. The van der Waals surface area contributed by atoms with Crippen LogP contribution in [-0.2, 0) is 10.8 Å². The Morgan fingerprint density at radius 3 is 2.12 bits per heavy atom. The summed E-state index contributed by atoms with van der Waals surface area (Å²) in [5.41, 5.74) is 13.4. The normalized spacial score (nSPS) is 12.4. The number of furan rings is 1. The van der Waals surface area contributed by atoms with Crippen molar-refractivity contribution in [2.24, 2.45) is 0 Å². The molecule has 0 amide bonds. The van der Waals surface area contributed by atoms with Gasteiger partial charge in [0, 0.05) is 38.7 Å². The number of imidazole rings is 1. The van der Waals surface area contributed by atoms with Gasteiger partial charge in [0.05, 0.1) is 11.4 Å². The third kappa shape index (κ3) is 5.39. The van der Waals surface area contributed by atoms with Crippen LogP contribution in [0, 0.1) is 6.92 Å². The molecule has 0 saturated heterocycles. The van der Waals surface area contributed by atoms with Gasteiger partial charge in [-0.1, -0.05) is 108 Å². The Morgan fingerprint density at radius 2 is 1.36 bits per heavy atom. The number of hydrogen-bond acceptors (Lipinski definition) is 5. The molecule has 4 heterocycles. The van der Waals surface area contributed by atoms with Crippen molar-refractivity contribution in [1.29, 1.82) is 0 Å². The van der Waals surface area contributed by atoms with Crippen molar-refractivity contribution in [2.75, 3.05) is 0 Å². The van der Waals surface area contributed by atoms with Crippen LogP contribution < -0.4 is 0 Å². The van der Waals surface area contributed by atoms with E-state index in [9.17, 15) is 0 Å². The summed E-state index contributed by atoms with van der Waals surface area (Å²) < 4.78 is 8.58. The largest absolute Gasteiger partial charge is 0.452 e. The summed E-state index contributed by atoms with van der Waals surface area (Å²) in [5.74, 6) is 0.701. The van der Waals surface area contributed by atoms with Crippen LogP contribution in [0.25, 0.3) is 72.6 Å². The van der Waals surface area contributed by atoms with Crippen LogP contribution in [0.3, 0.4) is 0 Å². The van der Waals surface area contributed by atoms with E-state index in [1.54, 1.807) is 0 Å². The molecule has 0 fully saturated rings. The molecule has 0 aliphatic heterocycles. The highest BCUT2D eigenvalue weighted by Crippen LogP contribution is 2.44. The molecule has 0 aliphatic carbocycles. The molecule has 0 bridgehead atoms. The van der Waals surface area contributed by atoms with Crippen LogP contribution in [0.4, 0.5) is 0 Å². The minimum Gasteiger partial charge on any atom is -0.452 e. The molecule has 8 rings (SSSR count). The Labute approximate surface area is 298 Å². The highest BCUT2D eigenvalue weighted by Gasteiger charge is 2.28. The highest BCUT2D eigenvalue weighted by molar-refractivity contribution is 7.80. The van der Waals surface area contributed by atoms with Gasteiger partial charge >= 0.3 is 0 Å². The van der Waals surface area contributed by atoms with Crippen molar-refractivity contribution in [1.82, 2.24) is 19.4 Å². The molecule has 8 aromatic rings. The van der Waals surface area contributed by atoms with Crippen LogP contribution >= 0.6 is 12.6 Å². The number of hydrogen-bond donors (Lipinski definition) is 1. The maximum Gasteiger partial charge on any atom is 0.180 e. The van der Waals surface area contributed by atoms with Crippen molar-refractivity contribution in [2.45, 2.75) is 64.2 Å². The third-order valence-electron chi connectivity index (χ3n) is 9.51. The zero-order chi connectivity index (χ0) is 34.9. The fourth-order valence-electron chi connectivity index (χ4n) is 6.90. The molecule has 0 unspecified atom stereocenters. The maximum atomic E-state index is 6.36. The van der Waals surface area contributed by atoms with Gasteiger partial charge in [0.25, 0.3) is 0 Å². The second-order valence-corrected chi connectivity index (χ2v) is 15.6. The number of para-hydroxylation sites is 1. The SMILES string of the molecule is Cc1nc(-c2cccc(-c3cccn4c(-c5ccccc5)c(-c5cc(C(C)(C)C)cc(C(C)(C)C)c5S)nc34)c2)c2oc3ccccc3c2n1. The topological polar surface area (TPSA) is 56.2 Å². The van der Waals surface area contributed by atoms with Gasteiger partial charge in [-0.05, 0) is 70.8 Å². The van der Waals surface area contributed by atoms with Gasteiger partial charge in [-0.2, -0.15) is 0 Å². The number of rotatable bonds is 4. The smallest absolute Gasteiger partial charge is 0.180 e. The summed E-state index contributed by atoms with van der Waals surface area (Å²) in [6.07, 6.45) is 2.11. The Morgan fingerprint density at radius 1 is 0.640 bits per heavy atom. The molecule has 0 atom stereocenters. The van der Waals surface area contributed by atoms with Crippen molar-refractivity contribution >= 4 is 40.3 Å². The van der Waals surface area contributed by atoms with Crippen LogP contribution in [-0.4, -0.2) is 19.4 Å². The van der Waals surface area contributed by atoms with Gasteiger partial charge < -0.3 is 4.42 Å². The number of fused-ring (bicyclic) bond motifs is 4. The molecule has 0 saturated carbocycles. The van der Waals surface area contributed by atoms with E-state index in [-0.39, 0.29) is 10.8 Å². The number of aryl methyl sites for hydroxylation is 1. The first-order chi connectivity index (χ1) is 23.9. The maximum absolute atomic E-state index is 6.36. The Kier molecular flexibility index (Phi) is 7.50. The molecule has 4 aromatic heterocycles. The quantitative estimate of drug-likeness (QED) is 0.189. The first-order valence-electron chi connectivity index (χ1n) is 17.1. The van der Waals surface area contributed by atoms with Gasteiger partial charge in [-0.25, -0.2) is 15.0 Å². The number of aromatic nitrogens is 4. The van der Waals surface area contributed by atoms with Crippen LogP contribution in [0.5, 0.6) is 0 Å². The molecule has 4 aromatic carbocycles. The van der Waals surface area contributed by atoms with E-state index in [0.29, 0.717) is 11.4 Å². The molecular weight excluding hydrogens is 633 g/mol. The number of thiol groups is 1. The second kappa shape index (κ2) is 11.7. The van der Waals surface area contributed by atoms with Gasteiger partial charge in [0.15, 0.2) is 5.58 Å². The predicted octanol–water partition coefficient (Wildman–Crippen LogP) is 11.9. The van der Waals surface area contributed by atoms with E-state index in [1.165, 1.54) is 11.1 Å². The summed E-state index contributed by atoms with van der Waals surface area (Å²) in [7, 11) is 0. The first kappa shape index (κ1) is 32.0. The van der Waals surface area contributed by atoms with Gasteiger partial charge in [-0.15, -0.1) is 12.6 Å². The highest BCUT2D eigenvalue weighted by atomic mass is 32.1. The lowest BCUT2D eigenvalue weighted by atomic mass is 9.79. The number of benzene rings is 4. The van der Waals surface area contributed by atoms with E-state index < -0.39 is 0 Å². The van der Waals surface area contributed by atoms with Crippen LogP contribution in [0.1, 0.15) is 58.5 Å². The van der Waals surface area contributed by atoms with Gasteiger partial charge in [-0.3, -0.25) is 4.40 Å². The summed E-state index contributed by atoms with van der Waals surface area (Å²) in [4.78, 5) is 16.1. The van der Waals surface area contributed by atoms with Crippen molar-refractivity contribution in [3.05, 3.63) is 126 Å². The van der Waals surface area contributed by atoms with Gasteiger partial charge in [0.1, 0.15) is 28.3 Å². The fraction of sp³-hybridized carbons (Fsp3) is 0.205. The Hall–Kier alpha value is -5.20. The van der Waals surface area contributed by atoms with E-state index in [2.05, 4.69) is 131 Å². The summed E-state index contributed by atoms with van der Waals surface area (Å²) >= 11 is 5.24. The van der Waals surface area contributed by atoms with Crippen molar-refractivity contribution in [3.63, 3.8) is 0 Å². The molecule has 0 N–H and O–H groups in total. The van der Waals surface area contributed by atoms with Crippen LogP contribution in [0.15, 0.2) is 119 Å². The molecule has 6 heteroatoms. The average molecular weight is 673 g/mol. The van der Waals surface area contributed by atoms with Gasteiger partial charge in [0.2, 0.25) is 0 Å². The van der Waals surface area contributed by atoms with E-state index >= 15 is 0 Å².